The number of fused-ring (bicyclic) bond motifs is 1. The Morgan fingerprint density at radius 2 is 1.96 bits per heavy atom. The van der Waals surface area contributed by atoms with Crippen LogP contribution in [0.4, 0.5) is 0 Å². The second-order valence-electron chi connectivity index (χ2n) is 6.52. The van der Waals surface area contributed by atoms with Gasteiger partial charge in [0.1, 0.15) is 4.90 Å². The number of nitrogens with one attached hydrogen (secondary N) is 2. The molecule has 8 heteroatoms. The van der Waals surface area contributed by atoms with Crippen molar-refractivity contribution in [2.24, 2.45) is 7.05 Å². The van der Waals surface area contributed by atoms with Gasteiger partial charge in [0.05, 0.1) is 0 Å². The Bertz CT molecular complexity index is 1190. The van der Waals surface area contributed by atoms with Crippen LogP contribution < -0.4 is 10.3 Å². The fourth-order valence-electron chi connectivity index (χ4n) is 3.06. The molecule has 0 aliphatic heterocycles. The number of carbonyl (C=O) groups is 1. The largest absolute Gasteiger partial charge is 0.349 e. The van der Waals surface area contributed by atoms with Gasteiger partial charge in [-0.3, -0.25) is 9.59 Å². The molecule has 7 nitrogen and oxygen atoms in total. The molecule has 0 saturated heterocycles. The van der Waals surface area contributed by atoms with Gasteiger partial charge < -0.3 is 9.55 Å². The lowest BCUT2D eigenvalue weighted by Gasteiger charge is -2.07. The summed E-state index contributed by atoms with van der Waals surface area (Å²) in [5, 5.41) is 0.528. The van der Waals surface area contributed by atoms with Crippen molar-refractivity contribution in [3.05, 3.63) is 64.2 Å². The fourth-order valence-corrected chi connectivity index (χ4v) is 4.30. The monoisotopic (exact) mass is 371 g/mol. The zero-order chi connectivity index (χ0) is 18.5. The Kier molecular flexibility index (Phi) is 3.73. The van der Waals surface area contributed by atoms with Crippen molar-refractivity contribution in [2.45, 2.75) is 23.7 Å². The fraction of sp³-hybridized carbons (Fsp3) is 0.222. The molecule has 1 fully saturated rings. The molecule has 1 aliphatic carbocycles. The van der Waals surface area contributed by atoms with Crippen LogP contribution in [0.1, 0.15) is 34.8 Å². The van der Waals surface area contributed by atoms with Gasteiger partial charge in [-0.05, 0) is 30.9 Å². The van der Waals surface area contributed by atoms with Gasteiger partial charge in [-0.25, -0.2) is 13.1 Å². The first kappa shape index (κ1) is 16.6. The average molecular weight is 371 g/mol. The number of nitrogens with zero attached hydrogens (tertiary/aromatic N) is 1. The number of para-hydroxylation sites is 1. The number of sulfonamides is 1. The first-order valence-corrected chi connectivity index (χ1v) is 9.69. The molecule has 3 aromatic rings. The highest BCUT2D eigenvalue weighted by Crippen LogP contribution is 2.38. The SMILES string of the molecule is Cn1cc(S(=O)(=O)NC(=O)c2cc(C3CC3)[nH]c(=O)c2)c2ccccc21. The van der Waals surface area contributed by atoms with Crippen molar-refractivity contribution in [3.8, 4) is 0 Å². The van der Waals surface area contributed by atoms with Crippen LogP contribution in [0.15, 0.2) is 52.3 Å². The lowest BCUT2D eigenvalue weighted by atomic mass is 10.2. The zero-order valence-electron chi connectivity index (χ0n) is 14.0. The molecule has 134 valence electrons. The molecule has 2 heterocycles. The maximum Gasteiger partial charge on any atom is 0.266 e. The van der Waals surface area contributed by atoms with Gasteiger partial charge in [0.2, 0.25) is 5.56 Å². The first-order valence-electron chi connectivity index (χ1n) is 8.20. The van der Waals surface area contributed by atoms with Crippen molar-refractivity contribution in [3.63, 3.8) is 0 Å². The standard InChI is InChI=1S/C18H17N3O4S/c1-21-10-16(13-4-2-3-5-15(13)21)26(24,25)20-18(23)12-8-14(11-6-7-11)19-17(22)9-12/h2-5,8-11H,6-7H2,1H3,(H,19,22)(H,20,23). The Balaban J connectivity index is 1.69. The van der Waals surface area contributed by atoms with Crippen molar-refractivity contribution in [1.82, 2.24) is 14.3 Å². The molecule has 1 amide bonds. The van der Waals surface area contributed by atoms with Gasteiger partial charge in [-0.2, -0.15) is 0 Å². The summed E-state index contributed by atoms with van der Waals surface area (Å²) in [7, 11) is -2.34. The molecule has 0 unspecified atom stereocenters. The topological polar surface area (TPSA) is 101 Å². The second kappa shape index (κ2) is 5.84. The van der Waals surface area contributed by atoms with Crippen molar-refractivity contribution in [1.29, 1.82) is 0 Å². The van der Waals surface area contributed by atoms with Gasteiger partial charge in [0.25, 0.3) is 15.9 Å². The minimum atomic E-state index is -4.08. The van der Waals surface area contributed by atoms with E-state index in [9.17, 15) is 18.0 Å². The van der Waals surface area contributed by atoms with E-state index in [2.05, 4.69) is 9.71 Å². The smallest absolute Gasteiger partial charge is 0.266 e. The number of benzene rings is 1. The number of rotatable bonds is 4. The molecule has 1 aromatic carbocycles. The summed E-state index contributed by atoms with van der Waals surface area (Å²) in [5.74, 6) is -0.573. The number of amides is 1. The highest BCUT2D eigenvalue weighted by atomic mass is 32.2. The number of H-pyrrole nitrogens is 1. The van der Waals surface area contributed by atoms with E-state index in [1.165, 1.54) is 6.20 Å². The molecule has 26 heavy (non-hydrogen) atoms. The number of pyridine rings is 1. The Morgan fingerprint density at radius 3 is 2.69 bits per heavy atom. The molecule has 0 spiro atoms. The second-order valence-corrected chi connectivity index (χ2v) is 8.17. The number of hydrogen-bond donors (Lipinski definition) is 2. The van der Waals surface area contributed by atoms with E-state index in [0.717, 1.165) is 24.4 Å². The third-order valence-corrected chi connectivity index (χ3v) is 5.88. The van der Waals surface area contributed by atoms with Crippen LogP contribution >= 0.6 is 0 Å². The number of aryl methyl sites for hydroxylation is 1. The lowest BCUT2D eigenvalue weighted by Crippen LogP contribution is -2.31. The van der Waals surface area contributed by atoms with Crippen LogP contribution in [0.2, 0.25) is 0 Å². The van der Waals surface area contributed by atoms with E-state index in [0.29, 0.717) is 11.1 Å². The van der Waals surface area contributed by atoms with Crippen LogP contribution in [0.5, 0.6) is 0 Å². The van der Waals surface area contributed by atoms with Crippen LogP contribution in [-0.4, -0.2) is 23.9 Å². The van der Waals surface area contributed by atoms with Crippen LogP contribution in [0.25, 0.3) is 10.9 Å². The molecular formula is C18H17N3O4S. The molecular weight excluding hydrogens is 354 g/mol. The summed E-state index contributed by atoms with van der Waals surface area (Å²) in [6, 6.07) is 9.70. The summed E-state index contributed by atoms with van der Waals surface area (Å²) >= 11 is 0. The summed E-state index contributed by atoms with van der Waals surface area (Å²) < 4.78 is 29.2. The summed E-state index contributed by atoms with van der Waals surface area (Å²) in [5.41, 5.74) is 1.04. The first-order chi connectivity index (χ1) is 12.3. The van der Waals surface area contributed by atoms with Gasteiger partial charge in [-0.1, -0.05) is 18.2 Å². The Hall–Kier alpha value is -2.87. The lowest BCUT2D eigenvalue weighted by molar-refractivity contribution is 0.0981. The molecule has 4 rings (SSSR count). The average Bonchev–Trinajstić information content (AvgIpc) is 3.38. The van der Waals surface area contributed by atoms with E-state index < -0.39 is 21.5 Å². The van der Waals surface area contributed by atoms with Crippen molar-refractivity contribution in [2.75, 3.05) is 0 Å². The Labute approximate surface area is 149 Å². The molecule has 1 aliphatic rings. The predicted molar refractivity (Wildman–Crippen MR) is 96.6 cm³/mol. The predicted octanol–water partition coefficient (Wildman–Crippen LogP) is 1.86. The van der Waals surface area contributed by atoms with Crippen LogP contribution in [0.3, 0.4) is 0 Å². The number of carbonyl (C=O) groups excluding carboxylic acids is 1. The number of aromatic nitrogens is 2. The summed E-state index contributed by atoms with van der Waals surface area (Å²) in [6.07, 6.45) is 3.37. The minimum Gasteiger partial charge on any atom is -0.349 e. The van der Waals surface area contributed by atoms with E-state index in [1.54, 1.807) is 35.9 Å². The van der Waals surface area contributed by atoms with Gasteiger partial charge >= 0.3 is 0 Å². The summed E-state index contributed by atoms with van der Waals surface area (Å²) in [6.45, 7) is 0. The van der Waals surface area contributed by atoms with E-state index in [-0.39, 0.29) is 16.4 Å². The number of aromatic amines is 1. The van der Waals surface area contributed by atoms with Crippen molar-refractivity contribution >= 4 is 26.8 Å². The Morgan fingerprint density at radius 1 is 1.23 bits per heavy atom. The molecule has 1 saturated carbocycles. The highest BCUT2D eigenvalue weighted by Gasteiger charge is 2.27. The van der Waals surface area contributed by atoms with Gasteiger partial charge in [0, 0.05) is 41.5 Å². The number of hydrogen-bond acceptors (Lipinski definition) is 4. The molecule has 0 radical (unpaired) electrons. The van der Waals surface area contributed by atoms with Crippen LogP contribution in [-0.2, 0) is 17.1 Å². The quantitative estimate of drug-likeness (QED) is 0.731. The third-order valence-electron chi connectivity index (χ3n) is 4.52. The molecule has 0 bridgehead atoms. The van der Waals surface area contributed by atoms with Gasteiger partial charge in [-0.15, -0.1) is 0 Å². The van der Waals surface area contributed by atoms with E-state index in [4.69, 9.17) is 0 Å². The van der Waals surface area contributed by atoms with Crippen LogP contribution in [0, 0.1) is 0 Å². The van der Waals surface area contributed by atoms with E-state index >= 15 is 0 Å². The third kappa shape index (κ3) is 2.92. The highest BCUT2D eigenvalue weighted by molar-refractivity contribution is 7.90. The normalized spacial score (nSPS) is 14.5. The minimum absolute atomic E-state index is 0.0243. The molecule has 2 N–H and O–H groups in total. The summed E-state index contributed by atoms with van der Waals surface area (Å²) in [4.78, 5) is 27.0. The maximum atomic E-state index is 12.7. The van der Waals surface area contributed by atoms with Gasteiger partial charge in [0.15, 0.2) is 0 Å². The molecule has 2 aromatic heterocycles. The zero-order valence-corrected chi connectivity index (χ0v) is 14.8. The maximum absolute atomic E-state index is 12.7. The molecule has 0 atom stereocenters. The van der Waals surface area contributed by atoms with Crippen molar-refractivity contribution < 1.29 is 13.2 Å². The van der Waals surface area contributed by atoms with E-state index in [1.807, 2.05) is 6.07 Å².